The van der Waals surface area contributed by atoms with E-state index in [2.05, 4.69) is 15.4 Å². The van der Waals surface area contributed by atoms with Crippen LogP contribution in [0.2, 0.25) is 0 Å². The standard InChI is InChI=1S/C18H13F3N6O6/c1-10-16(27(31)32)17(18(19,20)21)24-25(10)9-15(28)23-11-5-12(26(29)30)7-14(6-11)33-13-3-2-4-22-8-13/h2-8H,9H2,1H3,(H,23,28). The number of rotatable bonds is 7. The van der Waals surface area contributed by atoms with Crippen molar-refractivity contribution in [1.82, 2.24) is 14.8 Å². The molecule has 15 heteroatoms. The third-order valence-electron chi connectivity index (χ3n) is 4.18. The molecule has 1 amide bonds. The summed E-state index contributed by atoms with van der Waals surface area (Å²) in [6.07, 6.45) is -2.27. The fourth-order valence-electron chi connectivity index (χ4n) is 2.80. The van der Waals surface area contributed by atoms with E-state index in [0.717, 1.165) is 19.1 Å². The second-order valence-corrected chi connectivity index (χ2v) is 6.51. The molecular formula is C18H13F3N6O6. The number of nitro benzene ring substituents is 1. The number of carbonyl (C=O) groups is 1. The lowest BCUT2D eigenvalue weighted by Crippen LogP contribution is -2.21. The number of nitrogens with zero attached hydrogens (tertiary/aromatic N) is 5. The average Bonchev–Trinajstić information content (AvgIpc) is 3.05. The van der Waals surface area contributed by atoms with Crippen molar-refractivity contribution in [2.75, 3.05) is 5.32 Å². The van der Waals surface area contributed by atoms with Gasteiger partial charge >= 0.3 is 11.9 Å². The van der Waals surface area contributed by atoms with Gasteiger partial charge in [-0.3, -0.25) is 34.7 Å². The summed E-state index contributed by atoms with van der Waals surface area (Å²) in [5.74, 6) is -0.691. The van der Waals surface area contributed by atoms with Gasteiger partial charge in [-0.1, -0.05) is 0 Å². The SMILES string of the molecule is Cc1c([N+](=O)[O-])c(C(F)(F)F)nn1CC(=O)Nc1cc(Oc2cccnc2)cc([N+](=O)[O-])c1. The highest BCUT2D eigenvalue weighted by Gasteiger charge is 2.44. The number of hydrogen-bond acceptors (Lipinski definition) is 8. The Balaban J connectivity index is 1.86. The van der Waals surface area contributed by atoms with Crippen LogP contribution in [-0.2, 0) is 17.5 Å². The third-order valence-corrected chi connectivity index (χ3v) is 4.18. The summed E-state index contributed by atoms with van der Waals surface area (Å²) in [6, 6.07) is 6.45. The molecule has 12 nitrogen and oxygen atoms in total. The predicted molar refractivity (Wildman–Crippen MR) is 105 cm³/mol. The van der Waals surface area contributed by atoms with Gasteiger partial charge in [0.05, 0.1) is 27.8 Å². The first kappa shape index (κ1) is 23.1. The average molecular weight is 466 g/mol. The second-order valence-electron chi connectivity index (χ2n) is 6.51. The number of anilines is 1. The number of hydrogen-bond donors (Lipinski definition) is 1. The zero-order valence-electron chi connectivity index (χ0n) is 16.6. The van der Waals surface area contributed by atoms with Crippen LogP contribution in [0.15, 0.2) is 42.7 Å². The molecule has 0 fully saturated rings. The fourth-order valence-corrected chi connectivity index (χ4v) is 2.80. The molecule has 0 aliphatic carbocycles. The highest BCUT2D eigenvalue weighted by Crippen LogP contribution is 2.37. The molecule has 0 bridgehead atoms. The summed E-state index contributed by atoms with van der Waals surface area (Å²) in [5, 5.41) is 27.7. The molecule has 0 saturated heterocycles. The number of aromatic nitrogens is 3. The van der Waals surface area contributed by atoms with Crippen LogP contribution in [0.5, 0.6) is 11.5 Å². The van der Waals surface area contributed by atoms with Crippen molar-refractivity contribution in [3.8, 4) is 11.5 Å². The highest BCUT2D eigenvalue weighted by molar-refractivity contribution is 5.91. The number of alkyl halides is 3. The van der Waals surface area contributed by atoms with Crippen LogP contribution in [0.25, 0.3) is 0 Å². The lowest BCUT2D eigenvalue weighted by atomic mass is 10.2. The van der Waals surface area contributed by atoms with Crippen LogP contribution >= 0.6 is 0 Å². The van der Waals surface area contributed by atoms with Crippen LogP contribution < -0.4 is 10.1 Å². The molecule has 2 heterocycles. The molecule has 0 aliphatic heterocycles. The molecule has 0 spiro atoms. The van der Waals surface area contributed by atoms with Crippen molar-refractivity contribution in [1.29, 1.82) is 0 Å². The zero-order valence-corrected chi connectivity index (χ0v) is 16.6. The maximum absolute atomic E-state index is 13.1. The normalized spacial score (nSPS) is 11.2. The van der Waals surface area contributed by atoms with Crippen LogP contribution in [-0.4, -0.2) is 30.5 Å². The number of ether oxygens (including phenoxy) is 1. The van der Waals surface area contributed by atoms with Crippen molar-refractivity contribution >= 4 is 23.0 Å². The lowest BCUT2D eigenvalue weighted by molar-refractivity contribution is -0.388. The van der Waals surface area contributed by atoms with Gasteiger partial charge in [-0.2, -0.15) is 18.3 Å². The summed E-state index contributed by atoms with van der Waals surface area (Å²) in [6.45, 7) is 0.199. The lowest BCUT2D eigenvalue weighted by Gasteiger charge is -2.10. The van der Waals surface area contributed by atoms with Gasteiger partial charge in [-0.05, 0) is 19.1 Å². The zero-order chi connectivity index (χ0) is 24.3. The number of halogens is 3. The quantitative estimate of drug-likeness (QED) is 0.407. The van der Waals surface area contributed by atoms with Crippen molar-refractivity contribution in [2.24, 2.45) is 0 Å². The molecule has 0 atom stereocenters. The van der Waals surface area contributed by atoms with Gasteiger partial charge in [0.15, 0.2) is 0 Å². The molecule has 33 heavy (non-hydrogen) atoms. The summed E-state index contributed by atoms with van der Waals surface area (Å²) in [7, 11) is 0. The number of amides is 1. The van der Waals surface area contributed by atoms with Crippen LogP contribution in [0, 0.1) is 27.2 Å². The Kier molecular flexibility index (Phi) is 6.23. The Hall–Kier alpha value is -4.56. The molecule has 172 valence electrons. The van der Waals surface area contributed by atoms with Crippen molar-refractivity contribution < 1.29 is 32.5 Å². The number of nitro groups is 2. The van der Waals surface area contributed by atoms with E-state index >= 15 is 0 Å². The van der Waals surface area contributed by atoms with Crippen molar-refractivity contribution in [3.63, 3.8) is 0 Å². The Morgan fingerprint density at radius 2 is 1.91 bits per heavy atom. The molecule has 3 rings (SSSR count). The van der Waals surface area contributed by atoms with Crippen LogP contribution in [0.3, 0.4) is 0 Å². The first-order chi connectivity index (χ1) is 15.5. The minimum Gasteiger partial charge on any atom is -0.455 e. The third kappa shape index (κ3) is 5.38. The molecule has 2 aromatic heterocycles. The molecule has 0 aliphatic rings. The molecular weight excluding hydrogens is 453 g/mol. The minimum absolute atomic E-state index is 0.0160. The van der Waals surface area contributed by atoms with Gasteiger partial charge in [0.1, 0.15) is 23.7 Å². The number of nitrogens with one attached hydrogen (secondary N) is 1. The smallest absolute Gasteiger partial charge is 0.442 e. The van der Waals surface area contributed by atoms with Crippen LogP contribution in [0.1, 0.15) is 11.4 Å². The summed E-state index contributed by atoms with van der Waals surface area (Å²) >= 11 is 0. The maximum atomic E-state index is 13.1. The highest BCUT2D eigenvalue weighted by atomic mass is 19.4. The topological polar surface area (TPSA) is 155 Å². The summed E-state index contributed by atoms with van der Waals surface area (Å²) in [5.41, 5.74) is -4.01. The van der Waals surface area contributed by atoms with Gasteiger partial charge in [0, 0.05) is 18.3 Å². The van der Waals surface area contributed by atoms with Gasteiger partial charge in [0.2, 0.25) is 11.6 Å². The number of benzene rings is 1. The Morgan fingerprint density at radius 1 is 1.18 bits per heavy atom. The Morgan fingerprint density at radius 3 is 2.45 bits per heavy atom. The molecule has 0 unspecified atom stereocenters. The monoisotopic (exact) mass is 466 g/mol. The summed E-state index contributed by atoms with van der Waals surface area (Å²) < 4.78 is 45.2. The van der Waals surface area contributed by atoms with E-state index in [0.29, 0.717) is 4.68 Å². The van der Waals surface area contributed by atoms with E-state index in [9.17, 15) is 38.2 Å². The fraction of sp³-hybridized carbons (Fsp3) is 0.167. The molecule has 1 N–H and O–H groups in total. The van der Waals surface area contributed by atoms with Crippen LogP contribution in [0.4, 0.5) is 30.2 Å². The first-order valence-corrected chi connectivity index (χ1v) is 8.92. The van der Waals surface area contributed by atoms with E-state index < -0.39 is 51.2 Å². The predicted octanol–water partition coefficient (Wildman–Crippen LogP) is 3.85. The first-order valence-electron chi connectivity index (χ1n) is 8.92. The van der Waals surface area contributed by atoms with Crippen molar-refractivity contribution in [2.45, 2.75) is 19.6 Å². The minimum atomic E-state index is -5.10. The van der Waals surface area contributed by atoms with E-state index in [1.165, 1.54) is 24.5 Å². The maximum Gasteiger partial charge on any atom is 0.442 e. The number of carbonyl (C=O) groups excluding carboxylic acids is 1. The Bertz CT molecular complexity index is 1230. The molecule has 0 saturated carbocycles. The van der Waals surface area contributed by atoms with Crippen molar-refractivity contribution in [3.05, 3.63) is 74.3 Å². The Labute approximate surface area is 181 Å². The largest absolute Gasteiger partial charge is 0.455 e. The molecule has 1 aromatic carbocycles. The van der Waals surface area contributed by atoms with Gasteiger partial charge < -0.3 is 10.1 Å². The van der Waals surface area contributed by atoms with E-state index in [1.807, 2.05) is 0 Å². The second kappa shape index (κ2) is 8.89. The summed E-state index contributed by atoms with van der Waals surface area (Å²) in [4.78, 5) is 36.5. The number of pyridine rings is 1. The van der Waals surface area contributed by atoms with Gasteiger partial charge in [0.25, 0.3) is 5.69 Å². The molecule has 0 radical (unpaired) electrons. The molecule has 3 aromatic rings. The van der Waals surface area contributed by atoms with Gasteiger partial charge in [-0.15, -0.1) is 0 Å². The van der Waals surface area contributed by atoms with Gasteiger partial charge in [-0.25, -0.2) is 0 Å². The van der Waals surface area contributed by atoms with E-state index in [-0.39, 0.29) is 17.2 Å². The van der Waals surface area contributed by atoms with E-state index in [1.54, 1.807) is 6.07 Å². The number of non-ortho nitro benzene ring substituents is 1. The van der Waals surface area contributed by atoms with E-state index in [4.69, 9.17) is 4.74 Å².